The lowest BCUT2D eigenvalue weighted by molar-refractivity contribution is 0.473. The molecule has 6 heteroatoms. The van der Waals surface area contributed by atoms with E-state index in [4.69, 9.17) is 12.2 Å². The topological polar surface area (TPSA) is 66.7 Å². The molecular weight excluding hydrogens is 260 g/mol. The van der Waals surface area contributed by atoms with Gasteiger partial charge in [-0.25, -0.2) is 9.97 Å². The highest BCUT2D eigenvalue weighted by molar-refractivity contribution is 7.71. The molecule has 0 unspecified atom stereocenters. The summed E-state index contributed by atoms with van der Waals surface area (Å²) in [5.41, 5.74) is 2.51. The molecule has 2 N–H and O–H groups in total. The van der Waals surface area contributed by atoms with E-state index in [2.05, 4.69) is 15.0 Å². The number of aromatic amines is 1. The molecular formula is C13H12N4OS. The van der Waals surface area contributed by atoms with Crippen molar-refractivity contribution in [2.45, 2.75) is 13.0 Å². The van der Waals surface area contributed by atoms with Crippen LogP contribution in [-0.4, -0.2) is 24.6 Å². The van der Waals surface area contributed by atoms with Gasteiger partial charge >= 0.3 is 0 Å². The molecule has 0 bridgehead atoms. The van der Waals surface area contributed by atoms with Crippen molar-refractivity contribution >= 4 is 23.4 Å². The summed E-state index contributed by atoms with van der Waals surface area (Å²) in [6.45, 7) is 2.03. The second-order valence-corrected chi connectivity index (χ2v) is 4.71. The zero-order valence-corrected chi connectivity index (χ0v) is 11.1. The van der Waals surface area contributed by atoms with Crippen LogP contribution in [0.2, 0.25) is 0 Å². The molecule has 1 aromatic carbocycles. The van der Waals surface area contributed by atoms with Gasteiger partial charge in [-0.1, -0.05) is 24.4 Å². The van der Waals surface area contributed by atoms with E-state index in [1.807, 2.05) is 23.6 Å². The fraction of sp³-hybridized carbons (Fsp3) is 0.154. The predicted octanol–water partition coefficient (Wildman–Crippen LogP) is 2.80. The molecule has 0 aliphatic heterocycles. The second-order valence-electron chi connectivity index (χ2n) is 4.33. The van der Waals surface area contributed by atoms with Crippen molar-refractivity contribution in [1.82, 2.24) is 19.5 Å². The van der Waals surface area contributed by atoms with E-state index in [1.165, 1.54) is 0 Å². The first-order chi connectivity index (χ1) is 9.16. The van der Waals surface area contributed by atoms with Gasteiger partial charge in [0.05, 0.1) is 18.7 Å². The molecule has 0 saturated carbocycles. The lowest BCUT2D eigenvalue weighted by Gasteiger charge is -2.14. The maximum atomic E-state index is 9.56. The van der Waals surface area contributed by atoms with Crippen molar-refractivity contribution in [3.8, 4) is 5.75 Å². The van der Waals surface area contributed by atoms with Gasteiger partial charge in [0.2, 0.25) is 0 Å². The maximum Gasteiger partial charge on any atom is 0.157 e. The van der Waals surface area contributed by atoms with Crippen LogP contribution in [0.15, 0.2) is 36.9 Å². The number of H-pyrrole nitrogens is 1. The molecule has 3 rings (SSSR count). The number of hydrogen-bond acceptors (Lipinski definition) is 4. The van der Waals surface area contributed by atoms with Gasteiger partial charge in [-0.2, -0.15) is 0 Å². The van der Waals surface area contributed by atoms with Crippen molar-refractivity contribution in [1.29, 1.82) is 0 Å². The van der Waals surface area contributed by atoms with Gasteiger partial charge in [0, 0.05) is 0 Å². The molecule has 2 heterocycles. The maximum absolute atomic E-state index is 9.56. The lowest BCUT2D eigenvalue weighted by atomic mass is 10.1. The summed E-state index contributed by atoms with van der Waals surface area (Å²) in [6.07, 6.45) is 3.30. The number of nitrogens with one attached hydrogen (secondary N) is 1. The van der Waals surface area contributed by atoms with Crippen LogP contribution >= 0.6 is 12.2 Å². The van der Waals surface area contributed by atoms with E-state index in [0.717, 1.165) is 11.2 Å². The Morgan fingerprint density at radius 3 is 3.00 bits per heavy atom. The molecule has 0 saturated heterocycles. The Morgan fingerprint density at radius 1 is 1.37 bits per heavy atom. The van der Waals surface area contributed by atoms with Crippen LogP contribution < -0.4 is 0 Å². The van der Waals surface area contributed by atoms with Crippen molar-refractivity contribution < 1.29 is 5.11 Å². The number of rotatable bonds is 2. The fourth-order valence-electron chi connectivity index (χ4n) is 2.11. The summed E-state index contributed by atoms with van der Waals surface area (Å²) in [5.74, 6) is 0.253. The van der Waals surface area contributed by atoms with Crippen LogP contribution in [0.1, 0.15) is 18.5 Å². The average molecular weight is 272 g/mol. The second kappa shape index (κ2) is 4.47. The number of aromatic hydroxyl groups is 1. The molecule has 0 aliphatic carbocycles. The van der Waals surface area contributed by atoms with E-state index < -0.39 is 0 Å². The summed E-state index contributed by atoms with van der Waals surface area (Å²) >= 11 is 5.14. The molecule has 5 nitrogen and oxygen atoms in total. The van der Waals surface area contributed by atoms with Gasteiger partial charge < -0.3 is 14.7 Å². The molecule has 1 atom stereocenters. The van der Waals surface area contributed by atoms with E-state index in [0.29, 0.717) is 10.2 Å². The smallest absolute Gasteiger partial charge is 0.157 e. The number of aromatic nitrogens is 4. The summed E-state index contributed by atoms with van der Waals surface area (Å²) in [5, 5.41) is 9.56. The van der Waals surface area contributed by atoms with Gasteiger partial charge in [0.1, 0.15) is 16.9 Å². The third kappa shape index (κ3) is 2.00. The highest BCUT2D eigenvalue weighted by Gasteiger charge is 2.13. The van der Waals surface area contributed by atoms with E-state index in [-0.39, 0.29) is 11.8 Å². The highest BCUT2D eigenvalue weighted by Crippen LogP contribution is 2.24. The lowest BCUT2D eigenvalue weighted by Crippen LogP contribution is -2.06. The van der Waals surface area contributed by atoms with E-state index in [1.54, 1.807) is 24.8 Å². The molecule has 96 valence electrons. The Balaban J connectivity index is 2.14. The number of phenols is 1. The van der Waals surface area contributed by atoms with E-state index in [9.17, 15) is 5.11 Å². The number of phenolic OH excluding ortho intramolecular Hbond substituents is 1. The van der Waals surface area contributed by atoms with Gasteiger partial charge in [-0.05, 0) is 24.6 Å². The summed E-state index contributed by atoms with van der Waals surface area (Å²) in [6, 6.07) is 7.22. The summed E-state index contributed by atoms with van der Waals surface area (Å²) in [4.78, 5) is 11.4. The van der Waals surface area contributed by atoms with Gasteiger partial charge in [0.15, 0.2) is 4.64 Å². The normalized spacial score (nSPS) is 12.7. The number of nitrogens with zero attached hydrogens (tertiary/aromatic N) is 3. The average Bonchev–Trinajstić information content (AvgIpc) is 2.83. The zero-order chi connectivity index (χ0) is 13.4. The molecule has 0 spiro atoms. The minimum atomic E-state index is 0.0325. The Labute approximate surface area is 114 Å². The summed E-state index contributed by atoms with van der Waals surface area (Å²) < 4.78 is 2.46. The van der Waals surface area contributed by atoms with Crippen LogP contribution in [0.25, 0.3) is 11.2 Å². The quantitative estimate of drug-likeness (QED) is 0.704. The highest BCUT2D eigenvalue weighted by atomic mass is 32.1. The van der Waals surface area contributed by atoms with Crippen molar-refractivity contribution in [2.75, 3.05) is 0 Å². The number of benzene rings is 1. The minimum absolute atomic E-state index is 0.0325. The summed E-state index contributed by atoms with van der Waals surface area (Å²) in [7, 11) is 0. The van der Waals surface area contributed by atoms with Crippen molar-refractivity contribution in [3.63, 3.8) is 0 Å². The number of imidazole rings is 1. The Bertz CT molecular complexity index is 792. The largest absolute Gasteiger partial charge is 0.508 e. The van der Waals surface area contributed by atoms with Crippen LogP contribution in [0.4, 0.5) is 0 Å². The fourth-order valence-corrected chi connectivity index (χ4v) is 2.31. The minimum Gasteiger partial charge on any atom is -0.508 e. The van der Waals surface area contributed by atoms with Crippen LogP contribution in [0.5, 0.6) is 5.75 Å². The first-order valence-electron chi connectivity index (χ1n) is 5.86. The Kier molecular flexibility index (Phi) is 2.79. The standard InChI is InChI=1S/C13H12N4OS/c1-8(9-3-2-4-10(18)5-9)17-7-16-11-12(17)14-6-15-13(11)19/h2-8,18H,1H3,(H,14,15,19)/t8-/m1/s1. The predicted molar refractivity (Wildman–Crippen MR) is 74.6 cm³/mol. The van der Waals surface area contributed by atoms with Crippen molar-refractivity contribution in [2.24, 2.45) is 0 Å². The Hall–Kier alpha value is -2.21. The van der Waals surface area contributed by atoms with Crippen LogP contribution in [-0.2, 0) is 0 Å². The van der Waals surface area contributed by atoms with Crippen LogP contribution in [0.3, 0.4) is 0 Å². The van der Waals surface area contributed by atoms with Crippen molar-refractivity contribution in [3.05, 3.63) is 47.1 Å². The third-order valence-electron chi connectivity index (χ3n) is 3.15. The third-order valence-corrected chi connectivity index (χ3v) is 3.45. The molecule has 19 heavy (non-hydrogen) atoms. The SMILES string of the molecule is C[C@H](c1cccc(O)c1)n1cnc2c(=S)nc[nH]c21. The number of fused-ring (bicyclic) bond motifs is 1. The first-order valence-corrected chi connectivity index (χ1v) is 6.27. The van der Waals surface area contributed by atoms with E-state index >= 15 is 0 Å². The molecule has 2 aromatic heterocycles. The molecule has 0 aliphatic rings. The van der Waals surface area contributed by atoms with Crippen LogP contribution in [0, 0.1) is 4.64 Å². The first kappa shape index (κ1) is 11.9. The molecule has 0 amide bonds. The zero-order valence-electron chi connectivity index (χ0n) is 10.2. The molecule has 0 radical (unpaired) electrons. The van der Waals surface area contributed by atoms with Gasteiger partial charge in [0.25, 0.3) is 0 Å². The molecule has 3 aromatic rings. The van der Waals surface area contributed by atoms with Gasteiger partial charge in [-0.15, -0.1) is 0 Å². The monoisotopic (exact) mass is 272 g/mol. The number of hydrogen-bond donors (Lipinski definition) is 2. The Morgan fingerprint density at radius 2 is 2.21 bits per heavy atom. The molecule has 0 fully saturated rings. The van der Waals surface area contributed by atoms with Gasteiger partial charge in [-0.3, -0.25) is 0 Å².